The van der Waals surface area contributed by atoms with Crippen LogP contribution in [0.2, 0.25) is 0 Å². The van der Waals surface area contributed by atoms with E-state index in [0.717, 1.165) is 11.1 Å². The van der Waals surface area contributed by atoms with Gasteiger partial charge in [-0.3, -0.25) is 0 Å². The zero-order valence-corrected chi connectivity index (χ0v) is 12.0. The van der Waals surface area contributed by atoms with E-state index in [2.05, 4.69) is 0 Å². The molecule has 2 aromatic rings. The van der Waals surface area contributed by atoms with Crippen molar-refractivity contribution in [3.05, 3.63) is 71.8 Å². The quantitative estimate of drug-likeness (QED) is 0.669. The molecule has 0 N–H and O–H groups in total. The molecule has 0 aromatic heterocycles. The maximum Gasteiger partial charge on any atom is 0.0896 e. The Hall–Kier alpha value is -0.980. The zero-order valence-electron chi connectivity index (χ0n) is 10.5. The lowest BCUT2D eigenvalue weighted by atomic mass is 9.82. The highest BCUT2D eigenvalue weighted by Gasteiger charge is 2.44. The van der Waals surface area contributed by atoms with E-state index in [1.165, 1.54) is 0 Å². The molecule has 2 rings (SSSR count). The lowest BCUT2D eigenvalue weighted by Crippen LogP contribution is -2.36. The molecule has 94 valence electrons. The van der Waals surface area contributed by atoms with Crippen molar-refractivity contribution in [2.24, 2.45) is 0 Å². The second-order valence-electron chi connectivity index (χ2n) is 4.74. The fourth-order valence-electron chi connectivity index (χ4n) is 2.04. The van der Waals surface area contributed by atoms with Crippen molar-refractivity contribution in [2.45, 2.75) is 23.6 Å². The van der Waals surface area contributed by atoms with Gasteiger partial charge in [-0.2, -0.15) is 0 Å². The first-order valence-electron chi connectivity index (χ1n) is 5.95. The minimum Gasteiger partial charge on any atom is -0.112 e. The average molecular weight is 279 g/mol. The molecular formula is C16H16Cl2. The number of alkyl halides is 2. The fraction of sp³-hybridized carbons (Fsp3) is 0.250. The topological polar surface area (TPSA) is 0 Å². The van der Waals surface area contributed by atoms with Gasteiger partial charge in [-0.25, -0.2) is 0 Å². The molecule has 0 nitrogen and oxygen atoms in total. The second-order valence-corrected chi connectivity index (χ2v) is 6.25. The Kier molecular flexibility index (Phi) is 3.70. The SMILES string of the molecule is CC(Cl)(c1ccccc1)C(C)(Cl)c1ccccc1. The van der Waals surface area contributed by atoms with Crippen LogP contribution >= 0.6 is 23.2 Å². The summed E-state index contributed by atoms with van der Waals surface area (Å²) in [4.78, 5) is -1.34. The first kappa shape index (κ1) is 13.5. The first-order chi connectivity index (χ1) is 8.46. The maximum absolute atomic E-state index is 6.76. The molecule has 0 radical (unpaired) electrons. The van der Waals surface area contributed by atoms with Gasteiger partial charge in [0.25, 0.3) is 0 Å². The van der Waals surface area contributed by atoms with Crippen LogP contribution in [0.25, 0.3) is 0 Å². The van der Waals surface area contributed by atoms with Crippen molar-refractivity contribution in [3.63, 3.8) is 0 Å². The molecule has 18 heavy (non-hydrogen) atoms. The van der Waals surface area contributed by atoms with Crippen LogP contribution in [0, 0.1) is 0 Å². The Morgan fingerprint density at radius 2 is 0.889 bits per heavy atom. The highest BCUT2D eigenvalue weighted by molar-refractivity contribution is 6.34. The predicted molar refractivity (Wildman–Crippen MR) is 79.3 cm³/mol. The first-order valence-corrected chi connectivity index (χ1v) is 6.71. The standard InChI is InChI=1S/C16H16Cl2/c1-15(17,13-9-5-3-6-10-13)16(2,18)14-11-7-4-8-12-14/h3-12H,1-2H3. The van der Waals surface area contributed by atoms with Gasteiger partial charge in [0, 0.05) is 0 Å². The Labute approximate surface area is 119 Å². The molecule has 2 unspecified atom stereocenters. The van der Waals surface area contributed by atoms with E-state index in [1.807, 2.05) is 74.5 Å². The van der Waals surface area contributed by atoms with E-state index in [1.54, 1.807) is 0 Å². The molecule has 2 heteroatoms. The van der Waals surface area contributed by atoms with E-state index < -0.39 is 9.75 Å². The highest BCUT2D eigenvalue weighted by Crippen LogP contribution is 2.49. The summed E-state index contributed by atoms with van der Waals surface area (Å²) in [5.41, 5.74) is 2.04. The lowest BCUT2D eigenvalue weighted by Gasteiger charge is -2.38. The van der Waals surface area contributed by atoms with Crippen LogP contribution in [-0.4, -0.2) is 0 Å². The van der Waals surface area contributed by atoms with Crippen molar-refractivity contribution in [1.82, 2.24) is 0 Å². The monoisotopic (exact) mass is 278 g/mol. The summed E-state index contributed by atoms with van der Waals surface area (Å²) in [6.45, 7) is 3.92. The van der Waals surface area contributed by atoms with Crippen LogP contribution in [-0.2, 0) is 9.75 Å². The molecule has 0 amide bonds. The summed E-state index contributed by atoms with van der Waals surface area (Å²) in [6, 6.07) is 19.9. The summed E-state index contributed by atoms with van der Waals surface area (Å²) >= 11 is 13.5. The molecule has 0 saturated carbocycles. The third-order valence-corrected chi connectivity index (χ3v) is 4.80. The smallest absolute Gasteiger partial charge is 0.0896 e. The predicted octanol–water partition coefficient (Wildman–Crippen LogP) is 5.29. The van der Waals surface area contributed by atoms with Crippen molar-refractivity contribution in [3.8, 4) is 0 Å². The summed E-state index contributed by atoms with van der Waals surface area (Å²) in [6.07, 6.45) is 0. The van der Waals surface area contributed by atoms with Crippen LogP contribution in [0.15, 0.2) is 60.7 Å². The van der Waals surface area contributed by atoms with Gasteiger partial charge in [0.05, 0.1) is 9.75 Å². The maximum atomic E-state index is 6.76. The molecule has 2 atom stereocenters. The molecular weight excluding hydrogens is 263 g/mol. The van der Waals surface area contributed by atoms with Crippen LogP contribution in [0.3, 0.4) is 0 Å². The molecule has 0 aliphatic heterocycles. The minimum absolute atomic E-state index is 0.669. The van der Waals surface area contributed by atoms with Gasteiger partial charge in [0.1, 0.15) is 0 Å². The van der Waals surface area contributed by atoms with Gasteiger partial charge >= 0.3 is 0 Å². The molecule has 0 heterocycles. The van der Waals surface area contributed by atoms with Crippen molar-refractivity contribution in [2.75, 3.05) is 0 Å². The Balaban J connectivity index is 2.47. The molecule has 0 saturated heterocycles. The number of halogens is 2. The minimum atomic E-state index is -0.669. The number of hydrogen-bond acceptors (Lipinski definition) is 0. The van der Waals surface area contributed by atoms with Crippen LogP contribution in [0.5, 0.6) is 0 Å². The molecule has 0 fully saturated rings. The van der Waals surface area contributed by atoms with E-state index in [9.17, 15) is 0 Å². The fourth-order valence-corrected chi connectivity index (χ4v) is 2.51. The average Bonchev–Trinajstić information content (AvgIpc) is 2.40. The molecule has 0 aliphatic carbocycles. The summed E-state index contributed by atoms with van der Waals surface area (Å²) in [7, 11) is 0. The highest BCUT2D eigenvalue weighted by atomic mass is 35.5. The third-order valence-electron chi connectivity index (χ3n) is 3.51. The molecule has 0 bridgehead atoms. The van der Waals surface area contributed by atoms with Crippen LogP contribution in [0.4, 0.5) is 0 Å². The molecule has 0 spiro atoms. The summed E-state index contributed by atoms with van der Waals surface area (Å²) in [5, 5.41) is 0. The van der Waals surface area contributed by atoms with Crippen LogP contribution in [0.1, 0.15) is 25.0 Å². The van der Waals surface area contributed by atoms with Crippen molar-refractivity contribution in [1.29, 1.82) is 0 Å². The summed E-state index contributed by atoms with van der Waals surface area (Å²) < 4.78 is 0. The van der Waals surface area contributed by atoms with Gasteiger partial charge in [-0.15, -0.1) is 23.2 Å². The number of rotatable bonds is 3. The Bertz CT molecular complexity index is 452. The van der Waals surface area contributed by atoms with E-state index in [0.29, 0.717) is 0 Å². The lowest BCUT2D eigenvalue weighted by molar-refractivity contribution is 0.493. The Morgan fingerprint density at radius 3 is 1.17 bits per heavy atom. The van der Waals surface area contributed by atoms with E-state index in [4.69, 9.17) is 23.2 Å². The van der Waals surface area contributed by atoms with Gasteiger partial charge in [0.15, 0.2) is 0 Å². The number of benzene rings is 2. The summed E-state index contributed by atoms with van der Waals surface area (Å²) in [5.74, 6) is 0. The van der Waals surface area contributed by atoms with Crippen molar-refractivity contribution >= 4 is 23.2 Å². The van der Waals surface area contributed by atoms with Crippen molar-refractivity contribution < 1.29 is 0 Å². The van der Waals surface area contributed by atoms with Gasteiger partial charge in [0.2, 0.25) is 0 Å². The van der Waals surface area contributed by atoms with Gasteiger partial charge in [-0.05, 0) is 25.0 Å². The van der Waals surface area contributed by atoms with E-state index >= 15 is 0 Å². The molecule has 0 aliphatic rings. The van der Waals surface area contributed by atoms with E-state index in [-0.39, 0.29) is 0 Å². The van der Waals surface area contributed by atoms with Gasteiger partial charge in [-0.1, -0.05) is 60.7 Å². The van der Waals surface area contributed by atoms with Crippen LogP contribution < -0.4 is 0 Å². The second kappa shape index (κ2) is 4.95. The Morgan fingerprint density at radius 1 is 0.611 bits per heavy atom. The van der Waals surface area contributed by atoms with Gasteiger partial charge < -0.3 is 0 Å². The largest absolute Gasteiger partial charge is 0.112 e. The normalized spacial score (nSPS) is 17.8. The third kappa shape index (κ3) is 2.28. The number of hydrogen-bond donors (Lipinski definition) is 0. The molecule has 2 aromatic carbocycles. The zero-order chi connectivity index (χ0) is 13.2.